The fourth-order valence-corrected chi connectivity index (χ4v) is 5.53. The lowest BCUT2D eigenvalue weighted by Gasteiger charge is -2.14. The van der Waals surface area contributed by atoms with Crippen LogP contribution in [0.15, 0.2) is 77.9 Å². The van der Waals surface area contributed by atoms with Gasteiger partial charge in [-0.2, -0.15) is 10.1 Å². The number of non-ortho nitro benzene ring substituents is 1. The lowest BCUT2D eigenvalue weighted by molar-refractivity contribution is -0.384. The van der Waals surface area contributed by atoms with Crippen LogP contribution in [0.25, 0.3) is 10.8 Å². The van der Waals surface area contributed by atoms with Crippen molar-refractivity contribution in [1.29, 1.82) is 0 Å². The molecule has 4 atom stereocenters. The van der Waals surface area contributed by atoms with Gasteiger partial charge in [0.15, 0.2) is 0 Å². The third kappa shape index (κ3) is 3.49. The van der Waals surface area contributed by atoms with Crippen LogP contribution in [0.4, 0.5) is 5.69 Å². The molecule has 1 saturated heterocycles. The number of allylic oxidation sites excluding steroid dienone is 2. The molecule has 3 aliphatic rings. The zero-order valence-electron chi connectivity index (χ0n) is 18.6. The summed E-state index contributed by atoms with van der Waals surface area (Å²) in [5, 5.41) is 18.1. The molecule has 8 nitrogen and oxygen atoms in total. The van der Waals surface area contributed by atoms with Crippen LogP contribution in [-0.4, -0.2) is 28.0 Å². The summed E-state index contributed by atoms with van der Waals surface area (Å²) in [7, 11) is 0. The number of carbonyl (C=O) groups is 2. The van der Waals surface area contributed by atoms with E-state index in [9.17, 15) is 19.7 Å². The van der Waals surface area contributed by atoms with E-state index < -0.39 is 4.92 Å². The summed E-state index contributed by atoms with van der Waals surface area (Å²) in [4.78, 5) is 36.5. The fraction of sp³-hybridized carbons (Fsp3) is 0.222. The van der Waals surface area contributed by atoms with Gasteiger partial charge in [0, 0.05) is 17.7 Å². The summed E-state index contributed by atoms with van der Waals surface area (Å²) in [6, 6.07) is 17.6. The zero-order chi connectivity index (χ0) is 24.1. The van der Waals surface area contributed by atoms with Crippen molar-refractivity contribution >= 4 is 34.5 Å². The van der Waals surface area contributed by atoms with Gasteiger partial charge >= 0.3 is 0 Å². The first-order valence-electron chi connectivity index (χ1n) is 11.5. The Morgan fingerprint density at radius 3 is 2.34 bits per heavy atom. The van der Waals surface area contributed by atoms with Crippen LogP contribution < -0.4 is 4.74 Å². The Balaban J connectivity index is 1.29. The van der Waals surface area contributed by atoms with Crippen molar-refractivity contribution < 1.29 is 19.2 Å². The van der Waals surface area contributed by atoms with Crippen LogP contribution in [0.1, 0.15) is 17.5 Å². The highest BCUT2D eigenvalue weighted by Crippen LogP contribution is 2.52. The van der Waals surface area contributed by atoms with Crippen LogP contribution in [-0.2, 0) is 16.2 Å². The molecule has 0 N–H and O–H groups in total. The first-order chi connectivity index (χ1) is 17.0. The van der Waals surface area contributed by atoms with Crippen LogP contribution in [0.2, 0.25) is 0 Å². The summed E-state index contributed by atoms with van der Waals surface area (Å²) in [6.45, 7) is 0.192. The van der Waals surface area contributed by atoms with Gasteiger partial charge in [-0.05, 0) is 52.8 Å². The lowest BCUT2D eigenvalue weighted by Crippen LogP contribution is -2.28. The maximum Gasteiger partial charge on any atom is 0.269 e. The highest BCUT2D eigenvalue weighted by atomic mass is 16.6. The second kappa shape index (κ2) is 8.16. The molecular weight excluding hydrogens is 446 g/mol. The molecule has 1 heterocycles. The highest BCUT2D eigenvalue weighted by Gasteiger charge is 2.59. The number of nitro groups is 1. The van der Waals surface area contributed by atoms with Crippen LogP contribution >= 0.6 is 0 Å². The summed E-state index contributed by atoms with van der Waals surface area (Å²) >= 11 is 0. The van der Waals surface area contributed by atoms with Gasteiger partial charge in [0.25, 0.3) is 17.5 Å². The molecule has 1 saturated carbocycles. The van der Waals surface area contributed by atoms with E-state index in [0.717, 1.165) is 27.8 Å². The number of hydrogen-bond acceptors (Lipinski definition) is 6. The number of carbonyl (C=O) groups excluding carboxylic acids is 2. The molecule has 35 heavy (non-hydrogen) atoms. The number of hydrazone groups is 1. The Morgan fingerprint density at radius 2 is 1.66 bits per heavy atom. The SMILES string of the molecule is O=C1C2C3C=CC(C3)C2C(=O)N1N=Cc1c(OCc2ccc([N+](=O)[O-])cc2)ccc2ccccc12. The molecule has 0 spiro atoms. The molecule has 2 amide bonds. The second-order valence-corrected chi connectivity index (χ2v) is 9.14. The largest absolute Gasteiger partial charge is 0.488 e. The highest BCUT2D eigenvalue weighted by molar-refractivity contribution is 6.08. The van der Waals surface area contributed by atoms with Crippen molar-refractivity contribution in [3.05, 3.63) is 94.1 Å². The standard InChI is InChI=1S/C27H21N3O5/c31-26-24-18-7-8-19(13-18)25(24)27(32)29(26)28-14-22-21-4-2-1-3-17(21)9-12-23(22)35-15-16-5-10-20(11-6-16)30(33)34/h1-12,14,18-19,24-25H,13,15H2. The second-order valence-electron chi connectivity index (χ2n) is 9.14. The van der Waals surface area contributed by atoms with Gasteiger partial charge in [0.05, 0.1) is 23.0 Å². The van der Waals surface area contributed by atoms with Gasteiger partial charge in [-0.1, -0.05) is 42.5 Å². The molecule has 2 fully saturated rings. The van der Waals surface area contributed by atoms with Crippen molar-refractivity contribution in [2.45, 2.75) is 13.0 Å². The molecule has 0 radical (unpaired) electrons. The Morgan fingerprint density at radius 1 is 0.971 bits per heavy atom. The van der Waals surface area contributed by atoms with Crippen LogP contribution in [0.3, 0.4) is 0 Å². The van der Waals surface area contributed by atoms with E-state index in [2.05, 4.69) is 17.3 Å². The van der Waals surface area contributed by atoms with Crippen molar-refractivity contribution in [2.75, 3.05) is 0 Å². The van der Waals surface area contributed by atoms with E-state index >= 15 is 0 Å². The molecule has 6 rings (SSSR count). The molecule has 174 valence electrons. The topological polar surface area (TPSA) is 102 Å². The molecular formula is C27H21N3O5. The quantitative estimate of drug-likeness (QED) is 0.175. The average molecular weight is 467 g/mol. The summed E-state index contributed by atoms with van der Waals surface area (Å²) in [5.41, 5.74) is 1.44. The van der Waals surface area contributed by atoms with Gasteiger partial charge in [-0.15, -0.1) is 0 Å². The average Bonchev–Trinajstić information content (AvgIpc) is 3.56. The van der Waals surface area contributed by atoms with Gasteiger partial charge < -0.3 is 4.74 Å². The van der Waals surface area contributed by atoms with Crippen LogP contribution in [0, 0.1) is 33.8 Å². The normalized spacial score (nSPS) is 24.6. The molecule has 2 aliphatic carbocycles. The fourth-order valence-electron chi connectivity index (χ4n) is 5.53. The van der Waals surface area contributed by atoms with E-state index in [0.29, 0.717) is 11.3 Å². The number of benzene rings is 3. The first-order valence-corrected chi connectivity index (χ1v) is 11.5. The van der Waals surface area contributed by atoms with Crippen molar-refractivity contribution in [3.8, 4) is 5.75 Å². The molecule has 0 aromatic heterocycles. The number of nitrogens with zero attached hydrogens (tertiary/aromatic N) is 3. The van der Waals surface area contributed by atoms with Gasteiger partial charge in [-0.3, -0.25) is 19.7 Å². The monoisotopic (exact) mass is 467 g/mol. The number of fused-ring (bicyclic) bond motifs is 6. The molecule has 2 bridgehead atoms. The van der Waals surface area contributed by atoms with Crippen molar-refractivity contribution in [3.63, 3.8) is 0 Å². The minimum atomic E-state index is -0.445. The van der Waals surface area contributed by atoms with E-state index in [4.69, 9.17) is 4.74 Å². The van der Waals surface area contributed by atoms with Crippen molar-refractivity contribution in [2.24, 2.45) is 28.8 Å². The smallest absolute Gasteiger partial charge is 0.269 e. The molecule has 8 heteroatoms. The van der Waals surface area contributed by atoms with Gasteiger partial charge in [0.2, 0.25) is 0 Å². The van der Waals surface area contributed by atoms with Gasteiger partial charge in [-0.25, -0.2) is 0 Å². The molecule has 1 aliphatic heterocycles. The number of nitro benzene ring substituents is 1. The zero-order valence-corrected chi connectivity index (χ0v) is 18.6. The maximum absolute atomic E-state index is 13.0. The van der Waals surface area contributed by atoms with E-state index in [1.807, 2.05) is 36.4 Å². The van der Waals surface area contributed by atoms with Crippen LogP contribution in [0.5, 0.6) is 5.75 Å². The molecule has 3 aromatic rings. The number of imide groups is 1. The summed E-state index contributed by atoms with van der Waals surface area (Å²) < 4.78 is 6.06. The Bertz CT molecular complexity index is 1400. The van der Waals surface area contributed by atoms with Gasteiger partial charge in [0.1, 0.15) is 12.4 Å². The third-order valence-electron chi connectivity index (χ3n) is 7.22. The van der Waals surface area contributed by atoms with Crippen molar-refractivity contribution in [1.82, 2.24) is 5.01 Å². The Labute approximate surface area is 200 Å². The molecule has 3 aromatic carbocycles. The number of amides is 2. The van der Waals surface area contributed by atoms with E-state index in [-0.39, 0.29) is 47.8 Å². The minimum Gasteiger partial charge on any atom is -0.488 e. The minimum absolute atomic E-state index is 0.0145. The summed E-state index contributed by atoms with van der Waals surface area (Å²) in [5.74, 6) is -0.296. The Kier molecular flexibility index (Phi) is 4.95. The predicted octanol–water partition coefficient (Wildman–Crippen LogP) is 4.47. The molecule has 4 unspecified atom stereocenters. The first kappa shape index (κ1) is 21.2. The predicted molar refractivity (Wildman–Crippen MR) is 129 cm³/mol. The number of ether oxygens (including phenoxy) is 1. The third-order valence-corrected chi connectivity index (χ3v) is 7.22. The lowest BCUT2D eigenvalue weighted by atomic mass is 9.85. The summed E-state index contributed by atoms with van der Waals surface area (Å²) in [6.07, 6.45) is 6.51. The van der Waals surface area contributed by atoms with E-state index in [1.54, 1.807) is 12.1 Å². The number of rotatable bonds is 6. The van der Waals surface area contributed by atoms with E-state index in [1.165, 1.54) is 18.3 Å². The Hall–Kier alpha value is -4.33. The number of hydrogen-bond donors (Lipinski definition) is 0. The maximum atomic E-state index is 13.0.